The smallest absolute Gasteiger partial charge is 0.274 e. The molecule has 2 N–H and O–H groups in total. The molecule has 2 aromatic carbocycles. The number of benzene rings is 2. The summed E-state index contributed by atoms with van der Waals surface area (Å²) in [6.07, 6.45) is 1.31. The molecular weight excluding hydrogens is 344 g/mol. The fourth-order valence-corrected chi connectivity index (χ4v) is 2.42. The number of hydrogen-bond acceptors (Lipinski definition) is 6. The second kappa shape index (κ2) is 8.09. The number of aromatic nitrogens is 2. The van der Waals surface area contributed by atoms with Gasteiger partial charge in [-0.2, -0.15) is 0 Å². The van der Waals surface area contributed by atoms with Crippen LogP contribution in [0.4, 0.5) is 17.2 Å². The van der Waals surface area contributed by atoms with E-state index in [1.165, 1.54) is 20.4 Å². The standard InChI is InChI=1S/C20H18N4O3/c1-13(25)14-7-9-15(10-8-14)23-19-11-17(21-12-22-19)20(26)24-16-5-3-4-6-18(16)27-2/h3-12H,1-2H3,(H,24,26)(H,21,22,23). The van der Waals surface area contributed by atoms with E-state index in [9.17, 15) is 9.59 Å². The molecule has 1 heterocycles. The monoisotopic (exact) mass is 362 g/mol. The minimum Gasteiger partial charge on any atom is -0.495 e. The number of ketones is 1. The molecule has 0 aliphatic carbocycles. The predicted molar refractivity (Wildman–Crippen MR) is 103 cm³/mol. The van der Waals surface area contributed by atoms with Crippen molar-refractivity contribution in [1.29, 1.82) is 0 Å². The summed E-state index contributed by atoms with van der Waals surface area (Å²) in [5, 5.41) is 5.85. The van der Waals surface area contributed by atoms with Gasteiger partial charge in [0.15, 0.2) is 5.78 Å². The normalized spacial score (nSPS) is 10.1. The minimum atomic E-state index is -0.378. The van der Waals surface area contributed by atoms with E-state index in [4.69, 9.17) is 4.74 Å². The van der Waals surface area contributed by atoms with Crippen LogP contribution in [0.1, 0.15) is 27.8 Å². The van der Waals surface area contributed by atoms with Crippen molar-refractivity contribution in [3.63, 3.8) is 0 Å². The van der Waals surface area contributed by atoms with Gasteiger partial charge in [0.2, 0.25) is 0 Å². The molecule has 0 aliphatic rings. The van der Waals surface area contributed by atoms with Gasteiger partial charge in [-0.15, -0.1) is 0 Å². The molecule has 0 fully saturated rings. The van der Waals surface area contributed by atoms with E-state index in [1.54, 1.807) is 48.5 Å². The number of hydrogen-bond donors (Lipinski definition) is 2. The van der Waals surface area contributed by atoms with Gasteiger partial charge in [0.25, 0.3) is 5.91 Å². The number of Topliss-reactive ketones (excluding diaryl/α,β-unsaturated/α-hetero) is 1. The molecule has 0 unspecified atom stereocenters. The molecule has 136 valence electrons. The summed E-state index contributed by atoms with van der Waals surface area (Å²) in [5.41, 5.74) is 2.13. The van der Waals surface area contributed by atoms with Gasteiger partial charge in [-0.25, -0.2) is 9.97 Å². The number of nitrogens with zero attached hydrogens (tertiary/aromatic N) is 2. The van der Waals surface area contributed by atoms with Gasteiger partial charge in [0, 0.05) is 17.3 Å². The van der Waals surface area contributed by atoms with E-state index in [1.807, 2.05) is 6.07 Å². The fraction of sp³-hybridized carbons (Fsp3) is 0.100. The zero-order chi connectivity index (χ0) is 19.2. The third kappa shape index (κ3) is 4.46. The number of rotatable bonds is 6. The second-order valence-electron chi connectivity index (χ2n) is 5.70. The maximum Gasteiger partial charge on any atom is 0.274 e. The molecule has 7 nitrogen and oxygen atoms in total. The highest BCUT2D eigenvalue weighted by Crippen LogP contribution is 2.23. The SMILES string of the molecule is COc1ccccc1NC(=O)c1cc(Nc2ccc(C(C)=O)cc2)ncn1. The molecule has 27 heavy (non-hydrogen) atoms. The van der Waals surface area contributed by atoms with Crippen LogP contribution in [0.25, 0.3) is 0 Å². The number of methoxy groups -OCH3 is 1. The Labute approximate surface area is 156 Å². The van der Waals surface area contributed by atoms with E-state index < -0.39 is 0 Å². The molecule has 0 radical (unpaired) electrons. The van der Waals surface area contributed by atoms with E-state index >= 15 is 0 Å². The van der Waals surface area contributed by atoms with Gasteiger partial charge in [-0.05, 0) is 43.3 Å². The average molecular weight is 362 g/mol. The van der Waals surface area contributed by atoms with Crippen molar-refractivity contribution in [1.82, 2.24) is 9.97 Å². The van der Waals surface area contributed by atoms with E-state index in [0.29, 0.717) is 22.8 Å². The van der Waals surface area contributed by atoms with Crippen LogP contribution in [0.15, 0.2) is 60.9 Å². The van der Waals surface area contributed by atoms with Crippen molar-refractivity contribution in [3.8, 4) is 5.75 Å². The molecule has 3 rings (SSSR count). The van der Waals surface area contributed by atoms with Crippen LogP contribution in [-0.2, 0) is 0 Å². The summed E-state index contributed by atoms with van der Waals surface area (Å²) in [7, 11) is 1.54. The molecule has 0 spiro atoms. The second-order valence-corrected chi connectivity index (χ2v) is 5.70. The molecule has 3 aromatic rings. The van der Waals surface area contributed by atoms with Crippen LogP contribution in [0.3, 0.4) is 0 Å². The van der Waals surface area contributed by atoms with Crippen molar-refractivity contribution in [2.45, 2.75) is 6.92 Å². The van der Waals surface area contributed by atoms with Crippen molar-refractivity contribution in [3.05, 3.63) is 72.2 Å². The number of carbonyl (C=O) groups excluding carboxylic acids is 2. The zero-order valence-electron chi connectivity index (χ0n) is 14.9. The molecule has 1 aromatic heterocycles. The summed E-state index contributed by atoms with van der Waals surface area (Å²) in [4.78, 5) is 32.0. The van der Waals surface area contributed by atoms with Crippen LogP contribution in [0, 0.1) is 0 Å². The topological polar surface area (TPSA) is 93.2 Å². The Morgan fingerprint density at radius 1 is 1.00 bits per heavy atom. The average Bonchev–Trinajstić information content (AvgIpc) is 2.69. The molecule has 0 atom stereocenters. The summed E-state index contributed by atoms with van der Waals surface area (Å²) in [5.74, 6) is 0.644. The number of nitrogens with one attached hydrogen (secondary N) is 2. The molecular formula is C20H18N4O3. The number of amides is 1. The Morgan fingerprint density at radius 3 is 2.44 bits per heavy atom. The van der Waals surface area contributed by atoms with Gasteiger partial charge in [-0.3, -0.25) is 9.59 Å². The number of para-hydroxylation sites is 2. The largest absolute Gasteiger partial charge is 0.495 e. The van der Waals surface area contributed by atoms with Gasteiger partial charge in [-0.1, -0.05) is 12.1 Å². The highest BCUT2D eigenvalue weighted by atomic mass is 16.5. The predicted octanol–water partition coefficient (Wildman–Crippen LogP) is 3.68. The number of ether oxygens (including phenoxy) is 1. The van der Waals surface area contributed by atoms with Crippen molar-refractivity contribution < 1.29 is 14.3 Å². The van der Waals surface area contributed by atoms with Crippen LogP contribution < -0.4 is 15.4 Å². The Kier molecular flexibility index (Phi) is 5.41. The van der Waals surface area contributed by atoms with Crippen molar-refractivity contribution in [2.75, 3.05) is 17.7 Å². The van der Waals surface area contributed by atoms with Crippen LogP contribution in [0.5, 0.6) is 5.75 Å². The lowest BCUT2D eigenvalue weighted by Crippen LogP contribution is -2.15. The van der Waals surface area contributed by atoms with E-state index in [-0.39, 0.29) is 17.4 Å². The molecule has 7 heteroatoms. The Hall–Kier alpha value is -3.74. The molecule has 0 saturated carbocycles. The first kappa shape index (κ1) is 18.1. The highest BCUT2D eigenvalue weighted by Gasteiger charge is 2.12. The van der Waals surface area contributed by atoms with Crippen LogP contribution >= 0.6 is 0 Å². The van der Waals surface area contributed by atoms with E-state index in [2.05, 4.69) is 20.6 Å². The van der Waals surface area contributed by atoms with Crippen molar-refractivity contribution >= 4 is 28.9 Å². The van der Waals surface area contributed by atoms with Crippen molar-refractivity contribution in [2.24, 2.45) is 0 Å². The number of anilines is 3. The quantitative estimate of drug-likeness (QED) is 0.650. The third-order valence-corrected chi connectivity index (χ3v) is 3.82. The third-order valence-electron chi connectivity index (χ3n) is 3.82. The van der Waals surface area contributed by atoms with Gasteiger partial charge in [0.1, 0.15) is 23.6 Å². The maximum absolute atomic E-state index is 12.5. The maximum atomic E-state index is 12.5. The van der Waals surface area contributed by atoms with Crippen LogP contribution in [-0.4, -0.2) is 28.8 Å². The lowest BCUT2D eigenvalue weighted by atomic mass is 10.1. The Morgan fingerprint density at radius 2 is 1.74 bits per heavy atom. The van der Waals surface area contributed by atoms with Crippen LogP contribution in [0.2, 0.25) is 0 Å². The summed E-state index contributed by atoms with van der Waals surface area (Å²) >= 11 is 0. The lowest BCUT2D eigenvalue weighted by Gasteiger charge is -2.10. The zero-order valence-corrected chi connectivity index (χ0v) is 14.9. The molecule has 0 aliphatic heterocycles. The van der Waals surface area contributed by atoms with E-state index in [0.717, 1.165) is 5.69 Å². The van der Waals surface area contributed by atoms with Gasteiger partial charge >= 0.3 is 0 Å². The highest BCUT2D eigenvalue weighted by molar-refractivity contribution is 6.04. The summed E-state index contributed by atoms with van der Waals surface area (Å²) in [6.45, 7) is 1.51. The van der Waals surface area contributed by atoms with Gasteiger partial charge < -0.3 is 15.4 Å². The first-order chi connectivity index (χ1) is 13.1. The fourth-order valence-electron chi connectivity index (χ4n) is 2.42. The summed E-state index contributed by atoms with van der Waals surface area (Å²) in [6, 6.07) is 15.7. The molecule has 0 saturated heterocycles. The Balaban J connectivity index is 1.74. The van der Waals surface area contributed by atoms with Gasteiger partial charge in [0.05, 0.1) is 12.8 Å². The first-order valence-electron chi connectivity index (χ1n) is 8.21. The first-order valence-corrected chi connectivity index (χ1v) is 8.21. The lowest BCUT2D eigenvalue weighted by molar-refractivity contribution is 0.101. The minimum absolute atomic E-state index is 0.00103. The molecule has 0 bridgehead atoms. The Bertz CT molecular complexity index is 971. The molecule has 1 amide bonds. The number of carbonyl (C=O) groups is 2. The summed E-state index contributed by atoms with van der Waals surface area (Å²) < 4.78 is 5.23.